The molecule has 0 fully saturated rings. The summed E-state index contributed by atoms with van der Waals surface area (Å²) in [4.78, 5) is 0. The second-order valence-electron chi connectivity index (χ2n) is 6.94. The highest BCUT2D eigenvalue weighted by Crippen LogP contribution is 2.22. The summed E-state index contributed by atoms with van der Waals surface area (Å²) in [5.41, 5.74) is 3.33. The molecule has 4 heteroatoms. The minimum Gasteiger partial charge on any atom is -0.158 e. The van der Waals surface area contributed by atoms with Gasteiger partial charge in [-0.2, -0.15) is 20.4 Å². The van der Waals surface area contributed by atoms with Gasteiger partial charge >= 0.3 is 0 Å². The Bertz CT molecular complexity index is 915. The van der Waals surface area contributed by atoms with Crippen LogP contribution in [0.25, 0.3) is 21.7 Å². The van der Waals surface area contributed by atoms with E-state index >= 15 is 0 Å². The van der Waals surface area contributed by atoms with Crippen molar-refractivity contribution in [3.8, 4) is 0 Å². The van der Waals surface area contributed by atoms with Crippen LogP contribution in [0.4, 0.5) is 0 Å². The molecule has 2 heterocycles. The summed E-state index contributed by atoms with van der Waals surface area (Å²) in [5, 5.41) is 19.8. The number of benzene rings is 2. The van der Waals surface area contributed by atoms with Gasteiger partial charge in [-0.25, -0.2) is 0 Å². The number of nitrogens with zero attached hydrogens (tertiary/aromatic N) is 4. The second kappa shape index (κ2) is 8.00. The first kappa shape index (κ1) is 17.9. The highest BCUT2D eigenvalue weighted by Gasteiger charge is 2.06. The lowest BCUT2D eigenvalue weighted by atomic mass is 10.0. The van der Waals surface area contributed by atoms with Gasteiger partial charge in [0.15, 0.2) is 0 Å². The molecule has 4 nitrogen and oxygen atoms in total. The Balaban J connectivity index is 0.000000151. The molecule has 0 aliphatic rings. The van der Waals surface area contributed by atoms with Crippen LogP contribution in [0.2, 0.25) is 0 Å². The van der Waals surface area contributed by atoms with Gasteiger partial charge in [0.2, 0.25) is 0 Å². The molecule has 0 unspecified atom stereocenters. The van der Waals surface area contributed by atoms with Gasteiger partial charge in [0.05, 0.1) is 23.6 Å². The molecule has 2 aromatic carbocycles. The molecule has 0 radical (unpaired) electrons. The van der Waals surface area contributed by atoms with Crippen LogP contribution in [0.15, 0.2) is 60.9 Å². The predicted octanol–water partition coefficient (Wildman–Crippen LogP) is 5.51. The largest absolute Gasteiger partial charge is 0.158 e. The molecule has 132 valence electrons. The van der Waals surface area contributed by atoms with Crippen molar-refractivity contribution in [3.63, 3.8) is 0 Å². The molecule has 2 aromatic heterocycles. The van der Waals surface area contributed by atoms with E-state index in [4.69, 9.17) is 0 Å². The Hall–Kier alpha value is -2.88. The van der Waals surface area contributed by atoms with Crippen LogP contribution in [0.1, 0.15) is 50.8 Å². The van der Waals surface area contributed by atoms with Gasteiger partial charge in [0.1, 0.15) is 0 Å². The van der Waals surface area contributed by atoms with Gasteiger partial charge in [-0.3, -0.25) is 0 Å². The van der Waals surface area contributed by atoms with E-state index in [1.807, 2.05) is 36.5 Å². The number of fused-ring (bicyclic) bond motifs is 2. The van der Waals surface area contributed by atoms with Gasteiger partial charge in [0.25, 0.3) is 0 Å². The zero-order valence-electron chi connectivity index (χ0n) is 15.7. The zero-order chi connectivity index (χ0) is 18.5. The topological polar surface area (TPSA) is 51.6 Å². The third kappa shape index (κ3) is 3.85. The molecule has 0 aliphatic heterocycles. The minimum absolute atomic E-state index is 0.429. The van der Waals surface area contributed by atoms with Gasteiger partial charge in [-0.05, 0) is 23.5 Å². The Kier molecular flexibility index (Phi) is 5.52. The Labute approximate surface area is 154 Å². The molecule has 0 bridgehead atoms. The lowest BCUT2D eigenvalue weighted by Gasteiger charge is -2.07. The fourth-order valence-electron chi connectivity index (χ4n) is 2.96. The van der Waals surface area contributed by atoms with Gasteiger partial charge in [-0.1, -0.05) is 70.2 Å². The quantitative estimate of drug-likeness (QED) is 0.481. The molecule has 0 amide bonds. The summed E-state index contributed by atoms with van der Waals surface area (Å²) in [5.74, 6) is 0.930. The van der Waals surface area contributed by atoms with Crippen LogP contribution < -0.4 is 0 Å². The number of hydrogen-bond acceptors (Lipinski definition) is 4. The van der Waals surface area contributed by atoms with Crippen molar-refractivity contribution in [2.24, 2.45) is 0 Å². The molecule has 4 rings (SSSR count). The summed E-state index contributed by atoms with van der Waals surface area (Å²) in [6, 6.07) is 16.3. The molecule has 4 aromatic rings. The maximum Gasteiger partial charge on any atom is 0.0932 e. The van der Waals surface area contributed by atoms with Crippen molar-refractivity contribution in [1.29, 1.82) is 0 Å². The summed E-state index contributed by atoms with van der Waals surface area (Å²) >= 11 is 0. The minimum atomic E-state index is 0.429. The monoisotopic (exact) mass is 344 g/mol. The molecular weight excluding hydrogens is 320 g/mol. The van der Waals surface area contributed by atoms with Crippen molar-refractivity contribution < 1.29 is 0 Å². The maximum atomic E-state index is 4.16. The van der Waals surface area contributed by atoms with Crippen molar-refractivity contribution >= 4 is 21.7 Å². The highest BCUT2D eigenvalue weighted by molar-refractivity contribution is 5.84. The number of hydrogen-bond donors (Lipinski definition) is 0. The summed E-state index contributed by atoms with van der Waals surface area (Å²) in [6.07, 6.45) is 3.66. The number of aromatic nitrogens is 4. The zero-order valence-corrected chi connectivity index (χ0v) is 15.7. The van der Waals surface area contributed by atoms with Crippen molar-refractivity contribution in [2.75, 3.05) is 0 Å². The van der Waals surface area contributed by atoms with Crippen LogP contribution >= 0.6 is 0 Å². The van der Waals surface area contributed by atoms with E-state index < -0.39 is 0 Å². The highest BCUT2D eigenvalue weighted by atomic mass is 15.1. The first-order valence-corrected chi connectivity index (χ1v) is 8.98. The molecule has 0 aliphatic carbocycles. The van der Waals surface area contributed by atoms with Gasteiger partial charge in [0, 0.05) is 16.2 Å². The molecule has 0 atom stereocenters. The Morgan fingerprint density at radius 1 is 0.654 bits per heavy atom. The maximum absolute atomic E-state index is 4.16. The van der Waals surface area contributed by atoms with E-state index in [1.54, 1.807) is 6.20 Å². The van der Waals surface area contributed by atoms with E-state index in [0.717, 1.165) is 11.2 Å². The van der Waals surface area contributed by atoms with Crippen LogP contribution in [-0.2, 0) is 0 Å². The normalized spacial score (nSPS) is 11.0. The Morgan fingerprint density at radius 3 is 2.04 bits per heavy atom. The van der Waals surface area contributed by atoms with Crippen LogP contribution in [0, 0.1) is 0 Å². The Morgan fingerprint density at radius 2 is 1.31 bits per heavy atom. The standard InChI is InChI=1S/2C11H12N2/c1-8(2)10-7-12-13-11-6-4-3-5-9(10)11;1-8(2)11-10-6-4-3-5-9(10)7-12-13-11/h2*3-8H,1-2H3. The first-order chi connectivity index (χ1) is 12.6. The lowest BCUT2D eigenvalue weighted by molar-refractivity contribution is 0.799. The van der Waals surface area contributed by atoms with Gasteiger partial charge in [-0.15, -0.1) is 0 Å². The van der Waals surface area contributed by atoms with E-state index in [1.165, 1.54) is 21.7 Å². The van der Waals surface area contributed by atoms with E-state index in [-0.39, 0.29) is 0 Å². The van der Waals surface area contributed by atoms with Crippen LogP contribution in [0.3, 0.4) is 0 Å². The van der Waals surface area contributed by atoms with E-state index in [2.05, 4.69) is 66.3 Å². The van der Waals surface area contributed by atoms with Gasteiger partial charge < -0.3 is 0 Å². The fourth-order valence-corrected chi connectivity index (χ4v) is 2.96. The van der Waals surface area contributed by atoms with Crippen LogP contribution in [-0.4, -0.2) is 20.4 Å². The van der Waals surface area contributed by atoms with E-state index in [9.17, 15) is 0 Å². The van der Waals surface area contributed by atoms with Crippen molar-refractivity contribution in [3.05, 3.63) is 72.2 Å². The third-order valence-electron chi connectivity index (χ3n) is 4.35. The molecule has 0 saturated heterocycles. The summed E-state index contributed by atoms with van der Waals surface area (Å²) < 4.78 is 0. The summed E-state index contributed by atoms with van der Waals surface area (Å²) in [6.45, 7) is 8.61. The average molecular weight is 344 g/mol. The molecule has 0 saturated carbocycles. The molecule has 0 N–H and O–H groups in total. The third-order valence-corrected chi connectivity index (χ3v) is 4.35. The lowest BCUT2D eigenvalue weighted by Crippen LogP contribution is -1.95. The van der Waals surface area contributed by atoms with Crippen molar-refractivity contribution in [1.82, 2.24) is 20.4 Å². The molecule has 0 spiro atoms. The summed E-state index contributed by atoms with van der Waals surface area (Å²) in [7, 11) is 0. The smallest absolute Gasteiger partial charge is 0.0932 e. The predicted molar refractivity (Wildman–Crippen MR) is 107 cm³/mol. The van der Waals surface area contributed by atoms with Crippen LogP contribution in [0.5, 0.6) is 0 Å². The second-order valence-corrected chi connectivity index (χ2v) is 6.94. The number of rotatable bonds is 2. The fraction of sp³-hybridized carbons (Fsp3) is 0.273. The van der Waals surface area contributed by atoms with E-state index in [0.29, 0.717) is 11.8 Å². The SMILES string of the molecule is CC(C)c1cnnc2ccccc12.CC(C)c1nncc2ccccc12. The average Bonchev–Trinajstić information content (AvgIpc) is 2.67. The first-order valence-electron chi connectivity index (χ1n) is 8.98. The van der Waals surface area contributed by atoms with Crippen molar-refractivity contribution in [2.45, 2.75) is 39.5 Å². The molecule has 26 heavy (non-hydrogen) atoms. The molecular formula is C22H24N4.